The first-order valence-corrected chi connectivity index (χ1v) is 5.14. The molecule has 1 rings (SSSR count). The zero-order chi connectivity index (χ0) is 13.5. The lowest BCUT2D eigenvalue weighted by molar-refractivity contribution is -0.131. The van der Waals surface area contributed by atoms with E-state index in [0.717, 1.165) is 6.08 Å². The van der Waals surface area contributed by atoms with Crippen LogP contribution in [0.3, 0.4) is 0 Å². The van der Waals surface area contributed by atoms with E-state index in [9.17, 15) is 14.4 Å². The first kappa shape index (κ1) is 13.7. The fourth-order valence-electron chi connectivity index (χ4n) is 1.02. The molecule has 6 nitrogen and oxygen atoms in total. The highest BCUT2D eigenvalue weighted by Crippen LogP contribution is 2.13. The number of nitrogens with one attached hydrogen (secondary N) is 2. The van der Waals surface area contributed by atoms with Gasteiger partial charge in [-0.05, 0) is 12.1 Å². The molecular formula is C11H9ClN2O4. The topological polar surface area (TPSA) is 95.5 Å². The summed E-state index contributed by atoms with van der Waals surface area (Å²) in [5, 5.41) is 8.52. The fraction of sp³-hybridized carbons (Fsp3) is 0. The van der Waals surface area contributed by atoms with Gasteiger partial charge < -0.3 is 5.11 Å². The quantitative estimate of drug-likeness (QED) is 0.557. The molecule has 0 bridgehead atoms. The maximum atomic E-state index is 11.6. The molecule has 0 aromatic heterocycles. The summed E-state index contributed by atoms with van der Waals surface area (Å²) in [6.07, 6.45) is 1.42. The van der Waals surface area contributed by atoms with Crippen LogP contribution < -0.4 is 10.9 Å². The molecule has 1 aromatic rings. The predicted molar refractivity (Wildman–Crippen MR) is 63.8 cm³/mol. The molecule has 0 aliphatic heterocycles. The van der Waals surface area contributed by atoms with Gasteiger partial charge in [0.15, 0.2) is 0 Å². The molecule has 94 valence electrons. The first-order valence-electron chi connectivity index (χ1n) is 4.76. The molecule has 0 saturated carbocycles. The van der Waals surface area contributed by atoms with Gasteiger partial charge in [-0.1, -0.05) is 23.7 Å². The van der Waals surface area contributed by atoms with E-state index in [1.165, 1.54) is 12.1 Å². The third-order valence-corrected chi connectivity index (χ3v) is 2.12. The number of benzene rings is 1. The highest BCUT2D eigenvalue weighted by atomic mass is 35.5. The summed E-state index contributed by atoms with van der Waals surface area (Å²) in [4.78, 5) is 32.8. The van der Waals surface area contributed by atoms with Gasteiger partial charge in [-0.15, -0.1) is 0 Å². The molecule has 0 spiro atoms. The third kappa shape index (κ3) is 4.26. The second-order valence-electron chi connectivity index (χ2n) is 3.09. The number of carboxylic acid groups (broad SMARTS) is 1. The Hall–Kier alpha value is -2.34. The number of hydrogen-bond acceptors (Lipinski definition) is 3. The van der Waals surface area contributed by atoms with Crippen molar-refractivity contribution in [1.82, 2.24) is 10.9 Å². The lowest BCUT2D eigenvalue weighted by atomic mass is 10.2. The van der Waals surface area contributed by atoms with Gasteiger partial charge in [-0.3, -0.25) is 20.4 Å². The molecular weight excluding hydrogens is 260 g/mol. The van der Waals surface area contributed by atoms with Crippen LogP contribution in [0.4, 0.5) is 0 Å². The normalized spacial score (nSPS) is 10.1. The van der Waals surface area contributed by atoms with Crippen LogP contribution in [0.2, 0.25) is 5.02 Å². The van der Waals surface area contributed by atoms with Crippen molar-refractivity contribution in [3.05, 3.63) is 47.0 Å². The Balaban J connectivity index is 2.55. The zero-order valence-electron chi connectivity index (χ0n) is 9.01. The second kappa shape index (κ2) is 6.41. The Kier molecular flexibility index (Phi) is 4.89. The van der Waals surface area contributed by atoms with E-state index >= 15 is 0 Å². The van der Waals surface area contributed by atoms with Gasteiger partial charge in [0.1, 0.15) is 0 Å². The zero-order valence-corrected chi connectivity index (χ0v) is 9.77. The summed E-state index contributed by atoms with van der Waals surface area (Å²) in [6, 6.07) is 6.29. The van der Waals surface area contributed by atoms with Gasteiger partial charge in [0.25, 0.3) is 11.8 Å². The average molecular weight is 269 g/mol. The number of amides is 2. The average Bonchev–Trinajstić information content (AvgIpc) is 2.34. The number of rotatable bonds is 3. The Labute approximate surface area is 107 Å². The number of carboxylic acids is 1. The third-order valence-electron chi connectivity index (χ3n) is 1.79. The van der Waals surface area contributed by atoms with E-state index in [-0.39, 0.29) is 10.6 Å². The molecule has 1 aromatic carbocycles. The van der Waals surface area contributed by atoms with Crippen LogP contribution in [-0.2, 0) is 9.59 Å². The Morgan fingerprint density at radius 1 is 1.11 bits per heavy atom. The van der Waals surface area contributed by atoms with E-state index in [0.29, 0.717) is 6.08 Å². The van der Waals surface area contributed by atoms with Gasteiger partial charge in [-0.25, -0.2) is 4.79 Å². The number of carbonyl (C=O) groups excluding carboxylic acids is 2. The Morgan fingerprint density at radius 2 is 1.78 bits per heavy atom. The van der Waals surface area contributed by atoms with Gasteiger partial charge in [0, 0.05) is 12.2 Å². The molecule has 7 heteroatoms. The van der Waals surface area contributed by atoms with Crippen LogP contribution in [0.15, 0.2) is 36.4 Å². The standard InChI is InChI=1S/C11H9ClN2O4/c12-8-4-2-1-3-7(8)11(18)14-13-9(15)5-6-10(16)17/h1-6H,(H,13,15)(H,14,18)(H,16,17)/b6-5+. The lowest BCUT2D eigenvalue weighted by Gasteiger charge is -2.06. The summed E-state index contributed by atoms with van der Waals surface area (Å²) in [5.74, 6) is -2.63. The number of aliphatic carboxylic acids is 1. The number of carbonyl (C=O) groups is 3. The maximum Gasteiger partial charge on any atom is 0.328 e. The predicted octanol–water partition coefficient (Wildman–Crippen LogP) is 0.742. The van der Waals surface area contributed by atoms with E-state index in [1.54, 1.807) is 12.1 Å². The van der Waals surface area contributed by atoms with Crippen LogP contribution in [0.1, 0.15) is 10.4 Å². The van der Waals surface area contributed by atoms with Crippen molar-refractivity contribution < 1.29 is 19.5 Å². The molecule has 0 heterocycles. The minimum Gasteiger partial charge on any atom is -0.478 e. The van der Waals surface area contributed by atoms with Crippen LogP contribution in [0, 0.1) is 0 Å². The van der Waals surface area contributed by atoms with Crippen LogP contribution >= 0.6 is 11.6 Å². The Bertz CT molecular complexity index is 514. The summed E-state index contributed by atoms with van der Waals surface area (Å²) in [5.41, 5.74) is 4.31. The highest BCUT2D eigenvalue weighted by Gasteiger charge is 2.09. The summed E-state index contributed by atoms with van der Waals surface area (Å²) >= 11 is 5.77. The SMILES string of the molecule is O=C(O)/C=C/C(=O)NNC(=O)c1ccccc1Cl. The molecule has 0 aliphatic carbocycles. The van der Waals surface area contributed by atoms with Crippen molar-refractivity contribution in [2.24, 2.45) is 0 Å². The van der Waals surface area contributed by atoms with Crippen molar-refractivity contribution in [3.8, 4) is 0 Å². The largest absolute Gasteiger partial charge is 0.478 e. The number of hydrazine groups is 1. The first-order chi connectivity index (χ1) is 8.50. The number of hydrogen-bond donors (Lipinski definition) is 3. The molecule has 0 saturated heterocycles. The van der Waals surface area contributed by atoms with Crippen LogP contribution in [0.5, 0.6) is 0 Å². The van der Waals surface area contributed by atoms with Crippen molar-refractivity contribution in [3.63, 3.8) is 0 Å². The van der Waals surface area contributed by atoms with Crippen LogP contribution in [-0.4, -0.2) is 22.9 Å². The minimum atomic E-state index is -1.26. The van der Waals surface area contributed by atoms with E-state index in [2.05, 4.69) is 5.43 Å². The summed E-state index contributed by atoms with van der Waals surface area (Å²) < 4.78 is 0. The second-order valence-corrected chi connectivity index (χ2v) is 3.50. The van der Waals surface area contributed by atoms with E-state index < -0.39 is 17.8 Å². The van der Waals surface area contributed by atoms with Gasteiger partial charge >= 0.3 is 5.97 Å². The van der Waals surface area contributed by atoms with Gasteiger partial charge in [-0.2, -0.15) is 0 Å². The number of halogens is 1. The molecule has 0 unspecified atom stereocenters. The highest BCUT2D eigenvalue weighted by molar-refractivity contribution is 6.33. The van der Waals surface area contributed by atoms with E-state index in [4.69, 9.17) is 16.7 Å². The fourth-order valence-corrected chi connectivity index (χ4v) is 1.24. The molecule has 0 fully saturated rings. The Morgan fingerprint density at radius 3 is 2.39 bits per heavy atom. The molecule has 0 radical (unpaired) electrons. The van der Waals surface area contributed by atoms with Gasteiger partial charge in [0.2, 0.25) is 0 Å². The maximum absolute atomic E-state index is 11.6. The molecule has 0 atom stereocenters. The van der Waals surface area contributed by atoms with Crippen molar-refractivity contribution >= 4 is 29.4 Å². The van der Waals surface area contributed by atoms with E-state index in [1.807, 2.05) is 5.43 Å². The smallest absolute Gasteiger partial charge is 0.328 e. The monoisotopic (exact) mass is 268 g/mol. The van der Waals surface area contributed by atoms with Crippen molar-refractivity contribution in [1.29, 1.82) is 0 Å². The van der Waals surface area contributed by atoms with Crippen LogP contribution in [0.25, 0.3) is 0 Å². The van der Waals surface area contributed by atoms with Gasteiger partial charge in [0.05, 0.1) is 10.6 Å². The molecule has 3 N–H and O–H groups in total. The molecule has 2 amide bonds. The molecule has 0 aliphatic rings. The van der Waals surface area contributed by atoms with Crippen molar-refractivity contribution in [2.75, 3.05) is 0 Å². The van der Waals surface area contributed by atoms with Crippen molar-refractivity contribution in [2.45, 2.75) is 0 Å². The summed E-state index contributed by atoms with van der Waals surface area (Å²) in [6.45, 7) is 0. The minimum absolute atomic E-state index is 0.196. The summed E-state index contributed by atoms with van der Waals surface area (Å²) in [7, 11) is 0. The lowest BCUT2D eigenvalue weighted by Crippen LogP contribution is -2.40. The molecule has 18 heavy (non-hydrogen) atoms.